The van der Waals surface area contributed by atoms with Gasteiger partial charge in [0.15, 0.2) is 6.61 Å². The van der Waals surface area contributed by atoms with Gasteiger partial charge in [0.2, 0.25) is 0 Å². The SMILES string of the molecule is COc1ccc(CCNC(=O)COC(=O)c2ccc(-n3cccn3)cc2)cc1. The zero-order chi connectivity index (χ0) is 19.8. The molecular formula is C21H21N3O4. The van der Waals surface area contributed by atoms with Gasteiger partial charge < -0.3 is 14.8 Å². The highest BCUT2D eigenvalue weighted by molar-refractivity contribution is 5.91. The van der Waals surface area contributed by atoms with Gasteiger partial charge in [-0.15, -0.1) is 0 Å². The second-order valence-corrected chi connectivity index (χ2v) is 6.02. The third kappa shape index (κ3) is 5.20. The van der Waals surface area contributed by atoms with Crippen molar-refractivity contribution < 1.29 is 19.1 Å². The van der Waals surface area contributed by atoms with Gasteiger partial charge in [-0.25, -0.2) is 9.48 Å². The van der Waals surface area contributed by atoms with E-state index < -0.39 is 5.97 Å². The first-order valence-corrected chi connectivity index (χ1v) is 8.82. The molecule has 1 aromatic heterocycles. The first-order chi connectivity index (χ1) is 13.7. The molecule has 0 aliphatic heterocycles. The van der Waals surface area contributed by atoms with Crippen molar-refractivity contribution in [2.45, 2.75) is 6.42 Å². The van der Waals surface area contributed by atoms with E-state index in [-0.39, 0.29) is 12.5 Å². The number of carbonyl (C=O) groups excluding carboxylic acids is 2. The van der Waals surface area contributed by atoms with E-state index in [0.29, 0.717) is 18.5 Å². The molecule has 0 spiro atoms. The quantitative estimate of drug-likeness (QED) is 0.608. The van der Waals surface area contributed by atoms with Crippen molar-refractivity contribution in [2.24, 2.45) is 0 Å². The highest BCUT2D eigenvalue weighted by atomic mass is 16.5. The van der Waals surface area contributed by atoms with Gasteiger partial charge in [0.25, 0.3) is 5.91 Å². The average Bonchev–Trinajstić information content (AvgIpc) is 3.27. The molecule has 28 heavy (non-hydrogen) atoms. The van der Waals surface area contributed by atoms with Gasteiger partial charge in [0, 0.05) is 18.9 Å². The predicted octanol–water partition coefficient (Wildman–Crippen LogP) is 2.40. The third-order valence-corrected chi connectivity index (χ3v) is 4.10. The lowest BCUT2D eigenvalue weighted by Crippen LogP contribution is -2.30. The second-order valence-electron chi connectivity index (χ2n) is 6.02. The molecule has 3 rings (SSSR count). The molecule has 144 valence electrons. The summed E-state index contributed by atoms with van der Waals surface area (Å²) in [6.45, 7) is 0.142. The van der Waals surface area contributed by atoms with Gasteiger partial charge >= 0.3 is 5.97 Å². The van der Waals surface area contributed by atoms with Gasteiger partial charge in [-0.3, -0.25) is 4.79 Å². The number of nitrogens with zero attached hydrogens (tertiary/aromatic N) is 2. The van der Waals surface area contributed by atoms with Crippen LogP contribution in [0.4, 0.5) is 0 Å². The summed E-state index contributed by atoms with van der Waals surface area (Å²) in [5, 5.41) is 6.86. The zero-order valence-corrected chi connectivity index (χ0v) is 15.5. The summed E-state index contributed by atoms with van der Waals surface area (Å²) < 4.78 is 11.9. The van der Waals surface area contributed by atoms with Crippen molar-refractivity contribution >= 4 is 11.9 Å². The van der Waals surface area contributed by atoms with Gasteiger partial charge in [0.05, 0.1) is 18.4 Å². The number of hydrogen-bond donors (Lipinski definition) is 1. The summed E-state index contributed by atoms with van der Waals surface area (Å²) in [5.41, 5.74) is 2.29. The van der Waals surface area contributed by atoms with Crippen molar-refractivity contribution in [3.63, 3.8) is 0 Å². The van der Waals surface area contributed by atoms with Crippen LogP contribution in [0.25, 0.3) is 5.69 Å². The van der Waals surface area contributed by atoms with Crippen molar-refractivity contribution in [3.8, 4) is 11.4 Å². The number of carbonyl (C=O) groups is 2. The molecule has 0 unspecified atom stereocenters. The Bertz CT molecular complexity index is 904. The number of nitrogens with one attached hydrogen (secondary N) is 1. The van der Waals surface area contributed by atoms with Crippen LogP contribution < -0.4 is 10.1 Å². The van der Waals surface area contributed by atoms with E-state index in [0.717, 1.165) is 17.0 Å². The lowest BCUT2D eigenvalue weighted by Gasteiger charge is -2.08. The average molecular weight is 379 g/mol. The van der Waals surface area contributed by atoms with Crippen LogP contribution in [0.5, 0.6) is 5.75 Å². The largest absolute Gasteiger partial charge is 0.497 e. The molecule has 0 radical (unpaired) electrons. The number of amides is 1. The molecule has 0 bridgehead atoms. The fraction of sp³-hybridized carbons (Fsp3) is 0.190. The topological polar surface area (TPSA) is 82.5 Å². The highest BCUT2D eigenvalue weighted by Gasteiger charge is 2.10. The van der Waals surface area contributed by atoms with Crippen LogP contribution in [0.3, 0.4) is 0 Å². The number of benzene rings is 2. The van der Waals surface area contributed by atoms with Crippen LogP contribution in [0.2, 0.25) is 0 Å². The normalized spacial score (nSPS) is 10.3. The van der Waals surface area contributed by atoms with Crippen LogP contribution in [-0.2, 0) is 16.0 Å². The molecule has 1 amide bonds. The molecule has 1 heterocycles. The summed E-state index contributed by atoms with van der Waals surface area (Å²) in [7, 11) is 1.62. The zero-order valence-electron chi connectivity index (χ0n) is 15.5. The molecule has 0 saturated carbocycles. The Morgan fingerprint density at radius 3 is 2.46 bits per heavy atom. The Hall–Kier alpha value is -3.61. The molecule has 0 fully saturated rings. The van der Waals surface area contributed by atoms with Gasteiger partial charge in [-0.1, -0.05) is 12.1 Å². The maximum Gasteiger partial charge on any atom is 0.338 e. The van der Waals surface area contributed by atoms with Crippen LogP contribution in [0, 0.1) is 0 Å². The smallest absolute Gasteiger partial charge is 0.338 e. The first kappa shape index (κ1) is 19.2. The number of aromatic nitrogens is 2. The van der Waals surface area contributed by atoms with Crippen molar-refractivity contribution in [2.75, 3.05) is 20.3 Å². The minimum atomic E-state index is -0.544. The number of hydrogen-bond acceptors (Lipinski definition) is 5. The minimum absolute atomic E-state index is 0.317. The lowest BCUT2D eigenvalue weighted by atomic mass is 10.1. The molecule has 7 heteroatoms. The molecular weight excluding hydrogens is 358 g/mol. The molecule has 0 aliphatic carbocycles. The number of methoxy groups -OCH3 is 1. The van der Waals surface area contributed by atoms with E-state index in [1.54, 1.807) is 42.3 Å². The third-order valence-electron chi connectivity index (χ3n) is 4.10. The van der Waals surface area contributed by atoms with Gasteiger partial charge in [0.1, 0.15) is 5.75 Å². The molecule has 7 nitrogen and oxygen atoms in total. The van der Waals surface area contributed by atoms with Gasteiger partial charge in [-0.2, -0.15) is 5.10 Å². The summed E-state index contributed by atoms with van der Waals surface area (Å²) >= 11 is 0. The molecule has 2 aromatic carbocycles. The molecule has 0 atom stereocenters. The maximum atomic E-state index is 12.1. The van der Waals surface area contributed by atoms with E-state index in [4.69, 9.17) is 9.47 Å². The Kier molecular flexibility index (Phi) is 6.41. The fourth-order valence-corrected chi connectivity index (χ4v) is 2.58. The Morgan fingerprint density at radius 2 is 1.82 bits per heavy atom. The predicted molar refractivity (Wildman–Crippen MR) is 104 cm³/mol. The van der Waals surface area contributed by atoms with E-state index >= 15 is 0 Å². The summed E-state index contributed by atoms with van der Waals surface area (Å²) in [5.74, 6) is -0.0929. The van der Waals surface area contributed by atoms with E-state index in [1.165, 1.54) is 0 Å². The molecule has 0 aliphatic rings. The van der Waals surface area contributed by atoms with Gasteiger partial charge in [-0.05, 0) is 54.4 Å². The van der Waals surface area contributed by atoms with Crippen LogP contribution in [0.15, 0.2) is 67.0 Å². The minimum Gasteiger partial charge on any atom is -0.497 e. The van der Waals surface area contributed by atoms with E-state index in [1.807, 2.05) is 36.5 Å². The Labute approximate surface area is 162 Å². The fourth-order valence-electron chi connectivity index (χ4n) is 2.58. The van der Waals surface area contributed by atoms with Crippen molar-refractivity contribution in [3.05, 3.63) is 78.1 Å². The Morgan fingerprint density at radius 1 is 1.07 bits per heavy atom. The monoisotopic (exact) mass is 379 g/mol. The first-order valence-electron chi connectivity index (χ1n) is 8.82. The summed E-state index contributed by atoms with van der Waals surface area (Å²) in [6, 6.07) is 16.2. The van der Waals surface area contributed by atoms with E-state index in [2.05, 4.69) is 10.4 Å². The highest BCUT2D eigenvalue weighted by Crippen LogP contribution is 2.11. The number of ether oxygens (including phenoxy) is 2. The second kappa shape index (κ2) is 9.36. The van der Waals surface area contributed by atoms with Crippen molar-refractivity contribution in [1.82, 2.24) is 15.1 Å². The lowest BCUT2D eigenvalue weighted by molar-refractivity contribution is -0.124. The van der Waals surface area contributed by atoms with Crippen LogP contribution in [-0.4, -0.2) is 41.9 Å². The number of rotatable bonds is 8. The standard InChI is InChI=1S/C21H21N3O4/c1-27-19-9-3-16(4-10-19)11-13-22-20(25)15-28-21(26)17-5-7-18(8-6-17)24-14-2-12-23-24/h2-10,12,14H,11,13,15H2,1H3,(H,22,25). The van der Waals surface area contributed by atoms with Crippen molar-refractivity contribution in [1.29, 1.82) is 0 Å². The van der Waals surface area contributed by atoms with Crippen LogP contribution in [0.1, 0.15) is 15.9 Å². The maximum absolute atomic E-state index is 12.1. The number of esters is 1. The molecule has 0 saturated heterocycles. The Balaban J connectivity index is 1.40. The summed E-state index contributed by atoms with van der Waals surface area (Å²) in [4.78, 5) is 23.9. The molecule has 3 aromatic rings. The molecule has 1 N–H and O–H groups in total. The summed E-state index contributed by atoms with van der Waals surface area (Å²) in [6.07, 6.45) is 4.16. The van der Waals surface area contributed by atoms with E-state index in [9.17, 15) is 9.59 Å². The van der Waals surface area contributed by atoms with Crippen LogP contribution >= 0.6 is 0 Å².